The van der Waals surface area contributed by atoms with Crippen LogP contribution in [0.15, 0.2) is 35.7 Å². The summed E-state index contributed by atoms with van der Waals surface area (Å²) in [6, 6.07) is 10.5. The van der Waals surface area contributed by atoms with Crippen molar-refractivity contribution in [1.82, 2.24) is 9.88 Å². The number of nitrogens with zero attached hydrogens (tertiary/aromatic N) is 2. The molecule has 18 heavy (non-hydrogen) atoms. The number of hydrogen-bond donors (Lipinski definition) is 1. The first-order valence-electron chi connectivity index (χ1n) is 6.21. The van der Waals surface area contributed by atoms with Crippen molar-refractivity contribution in [3.63, 3.8) is 0 Å². The Morgan fingerprint density at radius 1 is 1.22 bits per heavy atom. The summed E-state index contributed by atoms with van der Waals surface area (Å²) in [5, 5.41) is 3.12. The van der Waals surface area contributed by atoms with Gasteiger partial charge in [0.05, 0.1) is 5.69 Å². The molecular weight excluding hydrogens is 242 g/mol. The summed E-state index contributed by atoms with van der Waals surface area (Å²) in [5.41, 5.74) is 8.05. The Labute approximate surface area is 112 Å². The molecule has 0 aliphatic heterocycles. The third-order valence-corrected chi connectivity index (χ3v) is 3.78. The fourth-order valence-corrected chi connectivity index (χ4v) is 2.53. The molecule has 0 spiro atoms. The van der Waals surface area contributed by atoms with Crippen molar-refractivity contribution in [1.29, 1.82) is 0 Å². The van der Waals surface area contributed by atoms with Crippen LogP contribution in [-0.4, -0.2) is 16.4 Å². The molecule has 0 aliphatic carbocycles. The number of rotatable bonds is 6. The lowest BCUT2D eigenvalue weighted by atomic mass is 10.2. The molecule has 96 valence electrons. The summed E-state index contributed by atoms with van der Waals surface area (Å²) in [6.45, 7) is 5.59. The highest BCUT2D eigenvalue weighted by molar-refractivity contribution is 7.09. The van der Waals surface area contributed by atoms with E-state index in [-0.39, 0.29) is 0 Å². The maximum Gasteiger partial charge on any atom is 0.106 e. The van der Waals surface area contributed by atoms with E-state index >= 15 is 0 Å². The minimum atomic E-state index is 0.537. The van der Waals surface area contributed by atoms with E-state index in [1.807, 2.05) is 6.07 Å². The molecule has 1 aromatic carbocycles. The van der Waals surface area contributed by atoms with Gasteiger partial charge >= 0.3 is 0 Å². The van der Waals surface area contributed by atoms with Crippen LogP contribution in [0.5, 0.6) is 0 Å². The number of benzene rings is 1. The minimum Gasteiger partial charge on any atom is -0.325 e. The molecule has 4 heteroatoms. The molecule has 0 unspecified atom stereocenters. The molecule has 0 saturated carbocycles. The Balaban J connectivity index is 1.97. The SMILES string of the molecule is CCN(Cc1ccccc1)Cc1csc(CN)n1. The number of thiazole rings is 1. The molecule has 2 aromatic rings. The lowest BCUT2D eigenvalue weighted by Gasteiger charge is -2.19. The summed E-state index contributed by atoms with van der Waals surface area (Å²) >= 11 is 1.65. The van der Waals surface area contributed by atoms with Crippen molar-refractivity contribution in [3.8, 4) is 0 Å². The molecule has 0 aliphatic rings. The van der Waals surface area contributed by atoms with Crippen LogP contribution >= 0.6 is 11.3 Å². The maximum absolute atomic E-state index is 5.58. The van der Waals surface area contributed by atoms with Crippen LogP contribution in [0.1, 0.15) is 23.2 Å². The predicted octanol–water partition coefficient (Wildman–Crippen LogP) is 2.62. The second-order valence-corrected chi connectivity index (χ2v) is 5.17. The largest absolute Gasteiger partial charge is 0.325 e. The normalized spacial score (nSPS) is 11.1. The summed E-state index contributed by atoms with van der Waals surface area (Å²) in [5.74, 6) is 0. The van der Waals surface area contributed by atoms with Crippen molar-refractivity contribution >= 4 is 11.3 Å². The number of hydrogen-bond acceptors (Lipinski definition) is 4. The van der Waals surface area contributed by atoms with Gasteiger partial charge in [-0.2, -0.15) is 0 Å². The van der Waals surface area contributed by atoms with Gasteiger partial charge < -0.3 is 5.73 Å². The van der Waals surface area contributed by atoms with Gasteiger partial charge in [-0.05, 0) is 12.1 Å². The van der Waals surface area contributed by atoms with Gasteiger partial charge in [-0.3, -0.25) is 4.90 Å². The molecule has 0 bridgehead atoms. The minimum absolute atomic E-state index is 0.537. The van der Waals surface area contributed by atoms with Gasteiger partial charge in [0.2, 0.25) is 0 Å². The Morgan fingerprint density at radius 2 is 2.00 bits per heavy atom. The summed E-state index contributed by atoms with van der Waals surface area (Å²) in [6.07, 6.45) is 0. The number of nitrogens with two attached hydrogens (primary N) is 1. The third-order valence-electron chi connectivity index (χ3n) is 2.86. The Morgan fingerprint density at radius 3 is 2.61 bits per heavy atom. The molecular formula is C14H19N3S. The van der Waals surface area contributed by atoms with E-state index in [1.54, 1.807) is 11.3 Å². The molecule has 0 atom stereocenters. The van der Waals surface area contributed by atoms with Gasteiger partial charge in [0, 0.05) is 25.0 Å². The van der Waals surface area contributed by atoms with Gasteiger partial charge in [0.15, 0.2) is 0 Å². The molecule has 0 fully saturated rings. The van der Waals surface area contributed by atoms with E-state index in [0.29, 0.717) is 6.54 Å². The van der Waals surface area contributed by atoms with Crippen LogP contribution in [0.25, 0.3) is 0 Å². The third kappa shape index (κ3) is 3.63. The topological polar surface area (TPSA) is 42.1 Å². The molecule has 3 nitrogen and oxygen atoms in total. The van der Waals surface area contributed by atoms with Gasteiger partial charge in [0.1, 0.15) is 5.01 Å². The Hall–Kier alpha value is -1.23. The van der Waals surface area contributed by atoms with E-state index in [1.165, 1.54) is 5.56 Å². The van der Waals surface area contributed by atoms with E-state index in [9.17, 15) is 0 Å². The first-order chi connectivity index (χ1) is 8.81. The van der Waals surface area contributed by atoms with Crippen LogP contribution in [0, 0.1) is 0 Å². The van der Waals surface area contributed by atoms with Gasteiger partial charge in [0.25, 0.3) is 0 Å². The highest BCUT2D eigenvalue weighted by atomic mass is 32.1. The van der Waals surface area contributed by atoms with Crippen LogP contribution < -0.4 is 5.73 Å². The molecule has 1 heterocycles. The summed E-state index contributed by atoms with van der Waals surface area (Å²) in [7, 11) is 0. The zero-order chi connectivity index (χ0) is 12.8. The highest BCUT2D eigenvalue weighted by Gasteiger charge is 2.07. The molecule has 2 N–H and O–H groups in total. The van der Waals surface area contributed by atoms with E-state index in [0.717, 1.165) is 30.3 Å². The Kier molecular flexibility index (Phi) is 4.87. The van der Waals surface area contributed by atoms with Crippen molar-refractivity contribution in [2.24, 2.45) is 5.73 Å². The quantitative estimate of drug-likeness (QED) is 0.869. The lowest BCUT2D eigenvalue weighted by Crippen LogP contribution is -2.22. The predicted molar refractivity (Wildman–Crippen MR) is 76.2 cm³/mol. The standard InChI is InChI=1S/C14H19N3S/c1-2-17(9-12-6-4-3-5-7-12)10-13-11-18-14(8-15)16-13/h3-7,11H,2,8-10,15H2,1H3. The zero-order valence-corrected chi connectivity index (χ0v) is 11.5. The Bertz CT molecular complexity index is 467. The lowest BCUT2D eigenvalue weighted by molar-refractivity contribution is 0.268. The highest BCUT2D eigenvalue weighted by Crippen LogP contribution is 2.13. The van der Waals surface area contributed by atoms with Crippen molar-refractivity contribution in [3.05, 3.63) is 52.0 Å². The fraction of sp³-hybridized carbons (Fsp3) is 0.357. The van der Waals surface area contributed by atoms with E-state index in [4.69, 9.17) is 5.73 Å². The first-order valence-corrected chi connectivity index (χ1v) is 7.09. The van der Waals surface area contributed by atoms with Gasteiger partial charge in [-0.25, -0.2) is 4.98 Å². The van der Waals surface area contributed by atoms with Crippen molar-refractivity contribution < 1.29 is 0 Å². The van der Waals surface area contributed by atoms with Crippen LogP contribution in [-0.2, 0) is 19.6 Å². The van der Waals surface area contributed by atoms with Crippen LogP contribution in [0.2, 0.25) is 0 Å². The summed E-state index contributed by atoms with van der Waals surface area (Å²) < 4.78 is 0. The zero-order valence-electron chi connectivity index (χ0n) is 10.7. The summed E-state index contributed by atoms with van der Waals surface area (Å²) in [4.78, 5) is 6.89. The molecule has 1 aromatic heterocycles. The first kappa shape index (κ1) is 13.2. The second kappa shape index (κ2) is 6.64. The molecule has 0 saturated heterocycles. The smallest absolute Gasteiger partial charge is 0.106 e. The number of aromatic nitrogens is 1. The van der Waals surface area contributed by atoms with Crippen molar-refractivity contribution in [2.75, 3.05) is 6.54 Å². The molecule has 0 radical (unpaired) electrons. The fourth-order valence-electron chi connectivity index (χ4n) is 1.87. The van der Waals surface area contributed by atoms with Crippen molar-refractivity contribution in [2.45, 2.75) is 26.6 Å². The average Bonchev–Trinajstić information content (AvgIpc) is 2.87. The van der Waals surface area contributed by atoms with Crippen LogP contribution in [0.4, 0.5) is 0 Å². The molecule has 0 amide bonds. The van der Waals surface area contributed by atoms with Crippen LogP contribution in [0.3, 0.4) is 0 Å². The van der Waals surface area contributed by atoms with E-state index in [2.05, 4.69) is 46.5 Å². The molecule has 2 rings (SSSR count). The van der Waals surface area contributed by atoms with Gasteiger partial charge in [-0.15, -0.1) is 11.3 Å². The van der Waals surface area contributed by atoms with E-state index < -0.39 is 0 Å². The van der Waals surface area contributed by atoms with Gasteiger partial charge in [-0.1, -0.05) is 37.3 Å². The average molecular weight is 261 g/mol. The maximum atomic E-state index is 5.58. The second-order valence-electron chi connectivity index (χ2n) is 4.23. The monoisotopic (exact) mass is 261 g/mol.